The van der Waals surface area contributed by atoms with E-state index in [0.29, 0.717) is 22.6 Å². The van der Waals surface area contributed by atoms with E-state index in [9.17, 15) is 4.79 Å². The molecular formula is C15H18ClNO4. The lowest BCUT2D eigenvalue weighted by Crippen LogP contribution is -2.36. The second-order valence-corrected chi connectivity index (χ2v) is 5.75. The Hall–Kier alpha value is -1.46. The fourth-order valence-electron chi connectivity index (χ4n) is 2.90. The smallest absolute Gasteiger partial charge is 0.327 e. The van der Waals surface area contributed by atoms with Gasteiger partial charge in [0.1, 0.15) is 6.04 Å². The lowest BCUT2D eigenvalue weighted by Gasteiger charge is -2.21. The number of esters is 1. The molecule has 1 heterocycles. The van der Waals surface area contributed by atoms with Gasteiger partial charge in [0.25, 0.3) is 0 Å². The standard InChI is InChI=1S/C15H18ClNO4/c1-19-15(18)13(17-10-4-2-3-5-10)9-6-11(16)14-12(7-9)20-8-21-14/h6-7,10,13,17H,2-5,8H2,1H3. The minimum atomic E-state index is -0.537. The Labute approximate surface area is 128 Å². The normalized spacial score (nSPS) is 18.8. The molecule has 1 aromatic rings. The summed E-state index contributed by atoms with van der Waals surface area (Å²) in [5.74, 6) is 0.779. The first kappa shape index (κ1) is 14.5. The van der Waals surface area contributed by atoms with E-state index in [-0.39, 0.29) is 12.8 Å². The van der Waals surface area contributed by atoms with E-state index in [1.165, 1.54) is 20.0 Å². The minimum Gasteiger partial charge on any atom is -0.468 e. The Bertz CT molecular complexity index is 543. The number of hydrogen-bond donors (Lipinski definition) is 1. The lowest BCUT2D eigenvalue weighted by atomic mass is 10.0. The highest BCUT2D eigenvalue weighted by Gasteiger charge is 2.29. The zero-order chi connectivity index (χ0) is 14.8. The molecule has 0 bridgehead atoms. The van der Waals surface area contributed by atoms with Crippen molar-refractivity contribution in [2.75, 3.05) is 13.9 Å². The average molecular weight is 312 g/mol. The average Bonchev–Trinajstić information content (AvgIpc) is 3.14. The molecular weight excluding hydrogens is 294 g/mol. The molecule has 1 N–H and O–H groups in total. The molecule has 2 aliphatic rings. The molecule has 1 aromatic carbocycles. The van der Waals surface area contributed by atoms with E-state index in [4.69, 9.17) is 25.8 Å². The third-order valence-electron chi connectivity index (χ3n) is 3.98. The van der Waals surface area contributed by atoms with Crippen LogP contribution in [0.4, 0.5) is 0 Å². The summed E-state index contributed by atoms with van der Waals surface area (Å²) in [6, 6.07) is 3.32. The van der Waals surface area contributed by atoms with Gasteiger partial charge in [0, 0.05) is 6.04 Å². The molecule has 114 valence electrons. The molecule has 6 heteroatoms. The maximum Gasteiger partial charge on any atom is 0.327 e. The summed E-state index contributed by atoms with van der Waals surface area (Å²) in [7, 11) is 1.39. The first-order valence-electron chi connectivity index (χ1n) is 7.12. The third-order valence-corrected chi connectivity index (χ3v) is 4.26. The summed E-state index contributed by atoms with van der Waals surface area (Å²) < 4.78 is 15.6. The number of rotatable bonds is 4. The van der Waals surface area contributed by atoms with Crippen molar-refractivity contribution in [2.24, 2.45) is 0 Å². The fraction of sp³-hybridized carbons (Fsp3) is 0.533. The first-order valence-corrected chi connectivity index (χ1v) is 7.49. The highest BCUT2D eigenvalue weighted by atomic mass is 35.5. The number of nitrogens with one attached hydrogen (secondary N) is 1. The largest absolute Gasteiger partial charge is 0.468 e. The predicted molar refractivity (Wildman–Crippen MR) is 77.7 cm³/mol. The van der Waals surface area contributed by atoms with Crippen molar-refractivity contribution >= 4 is 17.6 Å². The maximum absolute atomic E-state index is 12.1. The second-order valence-electron chi connectivity index (χ2n) is 5.34. The van der Waals surface area contributed by atoms with Gasteiger partial charge in [0.15, 0.2) is 11.5 Å². The van der Waals surface area contributed by atoms with Crippen molar-refractivity contribution in [3.8, 4) is 11.5 Å². The second kappa shape index (κ2) is 6.12. The Balaban J connectivity index is 1.88. The maximum atomic E-state index is 12.1. The highest BCUT2D eigenvalue weighted by molar-refractivity contribution is 6.32. The molecule has 1 aliphatic heterocycles. The van der Waals surface area contributed by atoms with Crippen molar-refractivity contribution in [1.29, 1.82) is 0 Å². The molecule has 1 unspecified atom stereocenters. The molecule has 1 saturated carbocycles. The van der Waals surface area contributed by atoms with E-state index >= 15 is 0 Å². The Kier molecular flexibility index (Phi) is 4.22. The number of carbonyl (C=O) groups excluding carboxylic acids is 1. The van der Waals surface area contributed by atoms with E-state index in [1.807, 2.05) is 0 Å². The molecule has 0 aromatic heterocycles. The van der Waals surface area contributed by atoms with E-state index in [0.717, 1.165) is 18.4 Å². The SMILES string of the molecule is COC(=O)C(NC1CCCC1)c1cc(Cl)c2c(c1)OCO2. The number of fused-ring (bicyclic) bond motifs is 1. The molecule has 1 fully saturated rings. The van der Waals surface area contributed by atoms with Crippen LogP contribution in [0.2, 0.25) is 5.02 Å². The number of halogens is 1. The van der Waals surface area contributed by atoms with Crippen LogP contribution >= 0.6 is 11.6 Å². The molecule has 0 radical (unpaired) electrons. The van der Waals surface area contributed by atoms with Gasteiger partial charge in [0.05, 0.1) is 12.1 Å². The molecule has 5 nitrogen and oxygen atoms in total. The molecule has 3 rings (SSSR count). The zero-order valence-corrected chi connectivity index (χ0v) is 12.6. The highest BCUT2D eigenvalue weighted by Crippen LogP contribution is 2.41. The Morgan fingerprint density at radius 2 is 2.14 bits per heavy atom. The summed E-state index contributed by atoms with van der Waals surface area (Å²) >= 11 is 6.20. The van der Waals surface area contributed by atoms with Gasteiger partial charge >= 0.3 is 5.97 Å². The van der Waals surface area contributed by atoms with Crippen molar-refractivity contribution in [2.45, 2.75) is 37.8 Å². The van der Waals surface area contributed by atoms with Gasteiger partial charge in [-0.2, -0.15) is 0 Å². The van der Waals surface area contributed by atoms with Gasteiger partial charge in [-0.05, 0) is 30.5 Å². The summed E-state index contributed by atoms with van der Waals surface area (Å²) in [6.45, 7) is 0.150. The van der Waals surface area contributed by atoms with Gasteiger partial charge in [-0.3, -0.25) is 5.32 Å². The Morgan fingerprint density at radius 1 is 1.38 bits per heavy atom. The topological polar surface area (TPSA) is 56.8 Å². The molecule has 0 amide bonds. The van der Waals surface area contributed by atoms with Gasteiger partial charge in [0.2, 0.25) is 6.79 Å². The Morgan fingerprint density at radius 3 is 2.86 bits per heavy atom. The zero-order valence-electron chi connectivity index (χ0n) is 11.9. The molecule has 1 atom stereocenters. The van der Waals surface area contributed by atoms with Crippen LogP contribution < -0.4 is 14.8 Å². The predicted octanol–water partition coefficient (Wildman–Crippen LogP) is 2.82. The molecule has 21 heavy (non-hydrogen) atoms. The number of methoxy groups -OCH3 is 1. The van der Waals surface area contributed by atoms with Crippen molar-refractivity contribution in [3.63, 3.8) is 0 Å². The number of hydrogen-bond acceptors (Lipinski definition) is 5. The van der Waals surface area contributed by atoms with Crippen LogP contribution in [-0.4, -0.2) is 25.9 Å². The van der Waals surface area contributed by atoms with Gasteiger partial charge in [-0.15, -0.1) is 0 Å². The van der Waals surface area contributed by atoms with Crippen LogP contribution in [0.15, 0.2) is 12.1 Å². The molecule has 0 spiro atoms. The minimum absolute atomic E-state index is 0.150. The lowest BCUT2D eigenvalue weighted by molar-refractivity contribution is -0.143. The summed E-state index contributed by atoms with van der Waals surface area (Å²) in [6.07, 6.45) is 4.53. The van der Waals surface area contributed by atoms with Crippen LogP contribution in [0.25, 0.3) is 0 Å². The third kappa shape index (κ3) is 2.94. The summed E-state index contributed by atoms with van der Waals surface area (Å²) in [5, 5.41) is 3.82. The van der Waals surface area contributed by atoms with Crippen LogP contribution in [0, 0.1) is 0 Å². The van der Waals surface area contributed by atoms with Crippen molar-refractivity contribution in [3.05, 3.63) is 22.7 Å². The first-order chi connectivity index (χ1) is 10.2. The van der Waals surface area contributed by atoms with Gasteiger partial charge < -0.3 is 14.2 Å². The van der Waals surface area contributed by atoms with E-state index in [2.05, 4.69) is 5.32 Å². The number of carbonyl (C=O) groups is 1. The molecule has 0 saturated heterocycles. The van der Waals surface area contributed by atoms with Crippen LogP contribution in [-0.2, 0) is 9.53 Å². The number of ether oxygens (including phenoxy) is 3. The van der Waals surface area contributed by atoms with Gasteiger partial charge in [-0.25, -0.2) is 4.79 Å². The van der Waals surface area contributed by atoms with Crippen LogP contribution in [0.1, 0.15) is 37.3 Å². The quantitative estimate of drug-likeness (QED) is 0.867. The van der Waals surface area contributed by atoms with Crippen molar-refractivity contribution in [1.82, 2.24) is 5.32 Å². The van der Waals surface area contributed by atoms with Crippen molar-refractivity contribution < 1.29 is 19.0 Å². The van der Waals surface area contributed by atoms with Crippen LogP contribution in [0.5, 0.6) is 11.5 Å². The summed E-state index contributed by atoms with van der Waals surface area (Å²) in [4.78, 5) is 12.1. The fourth-order valence-corrected chi connectivity index (χ4v) is 3.17. The number of benzene rings is 1. The van der Waals surface area contributed by atoms with E-state index in [1.54, 1.807) is 12.1 Å². The molecule has 1 aliphatic carbocycles. The van der Waals surface area contributed by atoms with Crippen LogP contribution in [0.3, 0.4) is 0 Å². The summed E-state index contributed by atoms with van der Waals surface area (Å²) in [5.41, 5.74) is 0.739. The van der Waals surface area contributed by atoms with E-state index < -0.39 is 6.04 Å². The van der Waals surface area contributed by atoms with Gasteiger partial charge in [-0.1, -0.05) is 24.4 Å². The monoisotopic (exact) mass is 311 g/mol.